The fraction of sp³-hybridized carbons (Fsp3) is 0. The van der Waals surface area contributed by atoms with E-state index in [4.69, 9.17) is 4.55 Å². The first-order valence-corrected chi connectivity index (χ1v) is 8.62. The molecule has 1 N–H and O–H groups in total. The first-order chi connectivity index (χ1) is 10.1. The summed E-state index contributed by atoms with van der Waals surface area (Å²) in [7, 11) is -8.95. The predicted octanol–water partition coefficient (Wildman–Crippen LogP) is 1.67. The molecule has 0 saturated heterocycles. The molecule has 0 saturated carbocycles. The van der Waals surface area contributed by atoms with Crippen LogP contribution in [0, 0.1) is 10.1 Å². The minimum atomic E-state index is -4.79. The number of nitro groups is 1. The number of non-ortho nitro benzene ring substituents is 1. The van der Waals surface area contributed by atoms with Crippen molar-refractivity contribution in [2.75, 3.05) is 0 Å². The average Bonchev–Trinajstić information content (AvgIpc) is 2.46. The third-order valence-corrected chi connectivity index (χ3v) is 5.32. The van der Waals surface area contributed by atoms with E-state index in [0.717, 1.165) is 6.07 Å². The Morgan fingerprint density at radius 3 is 1.91 bits per heavy atom. The summed E-state index contributed by atoms with van der Waals surface area (Å²) >= 11 is 0. The quantitative estimate of drug-likeness (QED) is 0.507. The van der Waals surface area contributed by atoms with Crippen LogP contribution in [0.5, 0.6) is 0 Å². The molecule has 0 amide bonds. The number of sulfone groups is 1. The van der Waals surface area contributed by atoms with Crippen LogP contribution in [0.1, 0.15) is 0 Å². The van der Waals surface area contributed by atoms with Crippen molar-refractivity contribution in [1.82, 2.24) is 0 Å². The van der Waals surface area contributed by atoms with Crippen LogP contribution in [0.15, 0.2) is 63.2 Å². The van der Waals surface area contributed by atoms with Gasteiger partial charge in [0, 0.05) is 12.1 Å². The summed E-state index contributed by atoms with van der Waals surface area (Å²) in [5.74, 6) is 0. The third-order valence-electron chi connectivity index (χ3n) is 2.74. The molecular weight excluding hydrogens is 334 g/mol. The second kappa shape index (κ2) is 5.48. The lowest BCUT2D eigenvalue weighted by Gasteiger charge is -2.06. The molecular formula is C12H9NO7S2. The summed E-state index contributed by atoms with van der Waals surface area (Å²) in [4.78, 5) is 8.27. The molecule has 0 atom stereocenters. The molecule has 0 aliphatic heterocycles. The zero-order valence-electron chi connectivity index (χ0n) is 10.8. The lowest BCUT2D eigenvalue weighted by atomic mass is 10.3. The number of benzene rings is 2. The van der Waals surface area contributed by atoms with Crippen molar-refractivity contribution in [2.24, 2.45) is 0 Å². The van der Waals surface area contributed by atoms with E-state index in [9.17, 15) is 26.9 Å². The Morgan fingerprint density at radius 1 is 0.864 bits per heavy atom. The van der Waals surface area contributed by atoms with Crippen molar-refractivity contribution in [1.29, 1.82) is 0 Å². The SMILES string of the molecule is O=[N+]([O-])c1cc(S(=O)(=O)O)cc(S(=O)(=O)c2ccccc2)c1. The van der Waals surface area contributed by atoms with Crippen molar-refractivity contribution in [2.45, 2.75) is 14.7 Å². The first kappa shape index (κ1) is 16.1. The van der Waals surface area contributed by atoms with E-state index in [1.165, 1.54) is 24.3 Å². The summed E-state index contributed by atoms with van der Waals surface area (Å²) in [5, 5.41) is 10.8. The zero-order valence-corrected chi connectivity index (χ0v) is 12.4. The fourth-order valence-electron chi connectivity index (χ4n) is 1.70. The topological polar surface area (TPSA) is 132 Å². The molecule has 22 heavy (non-hydrogen) atoms. The third kappa shape index (κ3) is 3.13. The van der Waals surface area contributed by atoms with Gasteiger partial charge in [-0.1, -0.05) is 18.2 Å². The van der Waals surface area contributed by atoms with Crippen LogP contribution in [-0.4, -0.2) is 26.3 Å². The van der Waals surface area contributed by atoms with Crippen LogP contribution in [0.4, 0.5) is 5.69 Å². The van der Waals surface area contributed by atoms with Crippen LogP contribution in [0.2, 0.25) is 0 Å². The average molecular weight is 343 g/mol. The summed E-state index contributed by atoms with van der Waals surface area (Å²) in [5.41, 5.74) is -0.760. The normalized spacial score (nSPS) is 12.0. The van der Waals surface area contributed by atoms with Gasteiger partial charge in [0.2, 0.25) is 9.84 Å². The maximum Gasteiger partial charge on any atom is 0.294 e. The number of rotatable bonds is 4. The summed E-state index contributed by atoms with van der Waals surface area (Å²) in [6.45, 7) is 0. The lowest BCUT2D eigenvalue weighted by molar-refractivity contribution is -0.385. The van der Waals surface area contributed by atoms with E-state index >= 15 is 0 Å². The highest BCUT2D eigenvalue weighted by Crippen LogP contribution is 2.27. The van der Waals surface area contributed by atoms with Crippen LogP contribution < -0.4 is 0 Å². The molecule has 0 bridgehead atoms. The zero-order chi connectivity index (χ0) is 16.5. The van der Waals surface area contributed by atoms with E-state index in [-0.39, 0.29) is 4.90 Å². The second-order valence-electron chi connectivity index (χ2n) is 4.21. The second-order valence-corrected chi connectivity index (χ2v) is 7.58. The van der Waals surface area contributed by atoms with Crippen LogP contribution in [-0.2, 0) is 20.0 Å². The van der Waals surface area contributed by atoms with Gasteiger partial charge in [0.15, 0.2) is 0 Å². The Hall–Kier alpha value is -2.30. The maximum absolute atomic E-state index is 12.4. The maximum atomic E-state index is 12.4. The van der Waals surface area contributed by atoms with Crippen molar-refractivity contribution >= 4 is 25.6 Å². The van der Waals surface area contributed by atoms with E-state index in [1.807, 2.05) is 0 Å². The summed E-state index contributed by atoms with van der Waals surface area (Å²) < 4.78 is 56.1. The molecule has 0 heterocycles. The van der Waals surface area contributed by atoms with E-state index < -0.39 is 40.4 Å². The number of hydrogen-bond donors (Lipinski definition) is 1. The van der Waals surface area contributed by atoms with Gasteiger partial charge in [-0.2, -0.15) is 8.42 Å². The van der Waals surface area contributed by atoms with Crippen LogP contribution in [0.25, 0.3) is 0 Å². The molecule has 0 unspecified atom stereocenters. The van der Waals surface area contributed by atoms with E-state index in [0.29, 0.717) is 12.1 Å². The highest BCUT2D eigenvalue weighted by atomic mass is 32.2. The molecule has 0 fully saturated rings. The van der Waals surface area contributed by atoms with Gasteiger partial charge >= 0.3 is 0 Å². The molecule has 2 rings (SSSR count). The first-order valence-electron chi connectivity index (χ1n) is 5.69. The Morgan fingerprint density at radius 2 is 1.41 bits per heavy atom. The molecule has 8 nitrogen and oxygen atoms in total. The standard InChI is InChI=1S/C12H9NO7S2/c14-13(15)9-6-11(8-12(7-9)22(18,19)20)21(16,17)10-4-2-1-3-5-10/h1-8H,(H,18,19,20). The van der Waals surface area contributed by atoms with Gasteiger partial charge in [-0.25, -0.2) is 8.42 Å². The highest BCUT2D eigenvalue weighted by molar-refractivity contribution is 7.91. The Labute approximate surface area is 125 Å². The van der Waals surface area contributed by atoms with Gasteiger partial charge in [-0.3, -0.25) is 14.7 Å². The van der Waals surface area contributed by atoms with Gasteiger partial charge in [-0.15, -0.1) is 0 Å². The van der Waals surface area contributed by atoms with E-state index in [1.54, 1.807) is 6.07 Å². The molecule has 0 aromatic heterocycles. The van der Waals surface area contributed by atoms with Gasteiger partial charge in [-0.05, 0) is 18.2 Å². The monoisotopic (exact) mass is 343 g/mol. The van der Waals surface area contributed by atoms with Crippen LogP contribution in [0.3, 0.4) is 0 Å². The minimum absolute atomic E-state index is 0.156. The van der Waals surface area contributed by atoms with Crippen LogP contribution >= 0.6 is 0 Å². The minimum Gasteiger partial charge on any atom is -0.282 e. The number of nitro benzene ring substituents is 1. The van der Waals surface area contributed by atoms with Gasteiger partial charge in [0.05, 0.1) is 14.7 Å². The fourth-order valence-corrected chi connectivity index (χ4v) is 3.67. The molecule has 10 heteroatoms. The smallest absolute Gasteiger partial charge is 0.282 e. The molecule has 0 aliphatic carbocycles. The van der Waals surface area contributed by atoms with Gasteiger partial charge in [0.25, 0.3) is 15.8 Å². The van der Waals surface area contributed by atoms with Gasteiger partial charge in [0.1, 0.15) is 4.90 Å². The Bertz CT molecular complexity index is 935. The lowest BCUT2D eigenvalue weighted by Crippen LogP contribution is -2.06. The molecule has 0 aliphatic rings. The predicted molar refractivity (Wildman–Crippen MR) is 74.8 cm³/mol. The Kier molecular flexibility index (Phi) is 4.00. The summed E-state index contributed by atoms with van der Waals surface area (Å²) in [6, 6.07) is 9.00. The molecule has 0 radical (unpaired) electrons. The largest absolute Gasteiger partial charge is 0.294 e. The van der Waals surface area contributed by atoms with Crippen molar-refractivity contribution in [3.05, 3.63) is 58.6 Å². The van der Waals surface area contributed by atoms with Crippen molar-refractivity contribution < 1.29 is 26.3 Å². The molecule has 116 valence electrons. The van der Waals surface area contributed by atoms with Gasteiger partial charge < -0.3 is 0 Å². The molecule has 2 aromatic rings. The highest BCUT2D eigenvalue weighted by Gasteiger charge is 2.24. The number of nitrogens with zero attached hydrogens (tertiary/aromatic N) is 1. The van der Waals surface area contributed by atoms with Crippen molar-refractivity contribution in [3.8, 4) is 0 Å². The van der Waals surface area contributed by atoms with Crippen molar-refractivity contribution in [3.63, 3.8) is 0 Å². The molecule has 0 spiro atoms. The van der Waals surface area contributed by atoms with E-state index in [2.05, 4.69) is 0 Å². The summed E-state index contributed by atoms with van der Waals surface area (Å²) in [6.07, 6.45) is 0. The molecule has 2 aromatic carbocycles. The number of hydrogen-bond acceptors (Lipinski definition) is 6. The Balaban J connectivity index is 2.76.